The van der Waals surface area contributed by atoms with E-state index in [2.05, 4.69) is 24.3 Å². The van der Waals surface area contributed by atoms with Gasteiger partial charge < -0.3 is 10.3 Å². The second-order valence-corrected chi connectivity index (χ2v) is 5.07. The second kappa shape index (κ2) is 5.35. The van der Waals surface area contributed by atoms with Gasteiger partial charge in [-0.1, -0.05) is 13.8 Å². The minimum Gasteiger partial charge on any atom is -0.337 e. The fourth-order valence-electron chi connectivity index (χ4n) is 2.22. The zero-order valence-corrected chi connectivity index (χ0v) is 10.9. The predicted octanol–water partition coefficient (Wildman–Crippen LogP) is 1.49. The maximum Gasteiger partial charge on any atom is 0.272 e. The van der Waals surface area contributed by atoms with Crippen molar-refractivity contribution in [1.82, 2.24) is 9.88 Å². The lowest BCUT2D eigenvalue weighted by molar-refractivity contribution is 0.0621. The molecule has 1 fully saturated rings. The second-order valence-electron chi connectivity index (χ2n) is 5.07. The van der Waals surface area contributed by atoms with E-state index in [0.29, 0.717) is 23.2 Å². The first-order valence-electron chi connectivity index (χ1n) is 6.33. The van der Waals surface area contributed by atoms with Crippen molar-refractivity contribution in [3.8, 4) is 0 Å². The van der Waals surface area contributed by atoms with E-state index in [0.717, 1.165) is 19.5 Å². The summed E-state index contributed by atoms with van der Waals surface area (Å²) in [5.74, 6) is 6.51. The fraction of sp³-hybridized carbons (Fsp3) is 0.538. The third-order valence-electron chi connectivity index (χ3n) is 3.77. The number of hydrogen-bond acceptors (Lipinski definition) is 4. The number of pyridine rings is 1. The SMILES string of the molecule is CC1CCN(C(=O)c2ccc(NN)cn2)CC1C. The van der Waals surface area contributed by atoms with Crippen molar-refractivity contribution in [3.63, 3.8) is 0 Å². The highest BCUT2D eigenvalue weighted by atomic mass is 16.2. The Balaban J connectivity index is 2.06. The number of nitrogen functional groups attached to an aromatic ring is 1. The highest BCUT2D eigenvalue weighted by Crippen LogP contribution is 2.23. The minimum absolute atomic E-state index is 0.0114. The summed E-state index contributed by atoms with van der Waals surface area (Å²) < 4.78 is 0. The number of piperidine rings is 1. The smallest absolute Gasteiger partial charge is 0.272 e. The molecule has 18 heavy (non-hydrogen) atoms. The molecule has 5 nitrogen and oxygen atoms in total. The molecule has 1 aromatic rings. The molecule has 2 atom stereocenters. The number of rotatable bonds is 2. The molecular weight excluding hydrogens is 228 g/mol. The number of carbonyl (C=O) groups is 1. The topological polar surface area (TPSA) is 71.2 Å². The molecule has 0 spiro atoms. The van der Waals surface area contributed by atoms with Gasteiger partial charge in [0.2, 0.25) is 0 Å². The third kappa shape index (κ3) is 2.61. The van der Waals surface area contributed by atoms with Gasteiger partial charge in [-0.05, 0) is 30.4 Å². The molecule has 2 unspecified atom stereocenters. The van der Waals surface area contributed by atoms with Crippen LogP contribution in [0.15, 0.2) is 18.3 Å². The number of likely N-dealkylation sites (tertiary alicyclic amines) is 1. The molecule has 1 aliphatic heterocycles. The summed E-state index contributed by atoms with van der Waals surface area (Å²) in [4.78, 5) is 18.3. The zero-order chi connectivity index (χ0) is 13.1. The molecule has 98 valence electrons. The standard InChI is InChI=1S/C13H20N4O/c1-9-5-6-17(8-10(9)2)13(18)12-4-3-11(16-14)7-15-12/h3-4,7,9-10,16H,5-6,8,14H2,1-2H3. The summed E-state index contributed by atoms with van der Waals surface area (Å²) in [7, 11) is 0. The van der Waals surface area contributed by atoms with Gasteiger partial charge in [0, 0.05) is 13.1 Å². The van der Waals surface area contributed by atoms with E-state index >= 15 is 0 Å². The molecule has 1 aliphatic rings. The van der Waals surface area contributed by atoms with Crippen LogP contribution >= 0.6 is 0 Å². The van der Waals surface area contributed by atoms with Gasteiger partial charge in [0.1, 0.15) is 5.69 Å². The molecule has 1 saturated heterocycles. The van der Waals surface area contributed by atoms with Crippen molar-refractivity contribution in [3.05, 3.63) is 24.0 Å². The van der Waals surface area contributed by atoms with E-state index in [1.54, 1.807) is 18.3 Å². The van der Waals surface area contributed by atoms with Gasteiger partial charge in [0.15, 0.2) is 0 Å². The predicted molar refractivity (Wildman–Crippen MR) is 70.9 cm³/mol. The van der Waals surface area contributed by atoms with Crippen LogP contribution in [0.2, 0.25) is 0 Å². The minimum atomic E-state index is 0.0114. The number of anilines is 1. The van der Waals surface area contributed by atoms with Crippen LogP contribution < -0.4 is 11.3 Å². The molecule has 0 bridgehead atoms. The molecule has 2 heterocycles. The zero-order valence-electron chi connectivity index (χ0n) is 10.9. The van der Waals surface area contributed by atoms with E-state index in [9.17, 15) is 4.79 Å². The first-order valence-corrected chi connectivity index (χ1v) is 6.33. The van der Waals surface area contributed by atoms with Crippen LogP contribution in [0.4, 0.5) is 5.69 Å². The molecule has 5 heteroatoms. The molecule has 2 rings (SSSR count). The molecule has 1 aromatic heterocycles. The van der Waals surface area contributed by atoms with Gasteiger partial charge in [-0.3, -0.25) is 10.6 Å². The summed E-state index contributed by atoms with van der Waals surface area (Å²) in [6, 6.07) is 3.47. The van der Waals surface area contributed by atoms with Crippen LogP contribution in [0.5, 0.6) is 0 Å². The first-order chi connectivity index (χ1) is 8.61. The van der Waals surface area contributed by atoms with E-state index in [-0.39, 0.29) is 5.91 Å². The Kier molecular flexibility index (Phi) is 3.81. The number of aromatic nitrogens is 1. The lowest BCUT2D eigenvalue weighted by Crippen LogP contribution is -2.42. The van der Waals surface area contributed by atoms with Crippen molar-refractivity contribution < 1.29 is 4.79 Å². The van der Waals surface area contributed by atoms with E-state index in [1.165, 1.54) is 0 Å². The molecule has 0 radical (unpaired) electrons. The van der Waals surface area contributed by atoms with Crippen LogP contribution in [0, 0.1) is 11.8 Å². The molecule has 0 aromatic carbocycles. The van der Waals surface area contributed by atoms with E-state index in [4.69, 9.17) is 5.84 Å². The highest BCUT2D eigenvalue weighted by Gasteiger charge is 2.26. The van der Waals surface area contributed by atoms with Crippen molar-refractivity contribution in [2.24, 2.45) is 17.7 Å². The highest BCUT2D eigenvalue weighted by molar-refractivity contribution is 5.92. The fourth-order valence-corrected chi connectivity index (χ4v) is 2.22. The number of nitrogens with two attached hydrogens (primary N) is 1. The van der Waals surface area contributed by atoms with Gasteiger partial charge in [-0.2, -0.15) is 0 Å². The molecule has 0 aliphatic carbocycles. The Labute approximate surface area is 107 Å². The first kappa shape index (κ1) is 12.8. The Bertz CT molecular complexity index is 418. The third-order valence-corrected chi connectivity index (χ3v) is 3.77. The number of nitrogens with one attached hydrogen (secondary N) is 1. The quantitative estimate of drug-likeness (QED) is 0.614. The van der Waals surface area contributed by atoms with Crippen molar-refractivity contribution in [2.45, 2.75) is 20.3 Å². The molecular formula is C13H20N4O. The summed E-state index contributed by atoms with van der Waals surface area (Å²) in [6.07, 6.45) is 2.64. The van der Waals surface area contributed by atoms with Crippen molar-refractivity contribution in [2.75, 3.05) is 18.5 Å². The molecule has 1 amide bonds. The van der Waals surface area contributed by atoms with Gasteiger partial charge in [0.05, 0.1) is 11.9 Å². The Morgan fingerprint density at radius 3 is 2.78 bits per heavy atom. The monoisotopic (exact) mass is 248 g/mol. The lowest BCUT2D eigenvalue weighted by Gasteiger charge is -2.35. The van der Waals surface area contributed by atoms with Crippen molar-refractivity contribution in [1.29, 1.82) is 0 Å². The summed E-state index contributed by atoms with van der Waals surface area (Å²) in [6.45, 7) is 6.08. The van der Waals surface area contributed by atoms with E-state index in [1.807, 2.05) is 4.90 Å². The van der Waals surface area contributed by atoms with Crippen molar-refractivity contribution >= 4 is 11.6 Å². The maximum atomic E-state index is 12.3. The number of amides is 1. The van der Waals surface area contributed by atoms with Gasteiger partial charge in [-0.15, -0.1) is 0 Å². The Morgan fingerprint density at radius 1 is 1.44 bits per heavy atom. The number of carbonyl (C=O) groups excluding carboxylic acids is 1. The lowest BCUT2D eigenvalue weighted by atomic mass is 9.88. The van der Waals surface area contributed by atoms with Crippen LogP contribution in [-0.4, -0.2) is 28.9 Å². The van der Waals surface area contributed by atoms with Crippen LogP contribution in [0.25, 0.3) is 0 Å². The number of nitrogens with zero attached hydrogens (tertiary/aromatic N) is 2. The largest absolute Gasteiger partial charge is 0.337 e. The number of hydrogen-bond donors (Lipinski definition) is 2. The van der Waals surface area contributed by atoms with Gasteiger partial charge in [0.25, 0.3) is 5.91 Å². The van der Waals surface area contributed by atoms with Gasteiger partial charge >= 0.3 is 0 Å². The molecule has 0 saturated carbocycles. The average Bonchev–Trinajstić information content (AvgIpc) is 2.41. The molecule has 3 N–H and O–H groups in total. The normalized spacial score (nSPS) is 23.8. The van der Waals surface area contributed by atoms with Crippen LogP contribution in [-0.2, 0) is 0 Å². The maximum absolute atomic E-state index is 12.3. The summed E-state index contributed by atoms with van der Waals surface area (Å²) in [5.41, 5.74) is 3.68. The Hall–Kier alpha value is -1.62. The number of hydrazine groups is 1. The average molecular weight is 248 g/mol. The van der Waals surface area contributed by atoms with Crippen LogP contribution in [0.1, 0.15) is 30.8 Å². The van der Waals surface area contributed by atoms with Crippen LogP contribution in [0.3, 0.4) is 0 Å². The summed E-state index contributed by atoms with van der Waals surface area (Å²) >= 11 is 0. The summed E-state index contributed by atoms with van der Waals surface area (Å²) in [5, 5.41) is 0. The van der Waals surface area contributed by atoms with E-state index < -0.39 is 0 Å². The van der Waals surface area contributed by atoms with Gasteiger partial charge in [-0.25, -0.2) is 4.98 Å². The Morgan fingerprint density at radius 2 is 2.22 bits per heavy atom.